The Morgan fingerprint density at radius 2 is 1.93 bits per heavy atom. The predicted molar refractivity (Wildman–Crippen MR) is 102 cm³/mol. The number of ether oxygens (including phenoxy) is 1. The standard InChI is InChI=1S/C18H20N4O6S/c1-18(17(24)20-25)12-21(15-5-3-4-10-19-15)16(23)11-22(18)29(26,27)14-8-6-13(28-2)7-9-14/h3-10,25H,11-12H2,1-2H3,(H,20,24). The fourth-order valence-electron chi connectivity index (χ4n) is 3.11. The van der Waals surface area contributed by atoms with Crippen molar-refractivity contribution in [1.82, 2.24) is 14.8 Å². The molecule has 0 saturated carbocycles. The van der Waals surface area contributed by atoms with Crippen LogP contribution in [0.1, 0.15) is 6.92 Å². The number of nitrogens with zero attached hydrogens (tertiary/aromatic N) is 3. The molecule has 154 valence electrons. The van der Waals surface area contributed by atoms with Crippen LogP contribution in [0.2, 0.25) is 0 Å². The van der Waals surface area contributed by atoms with Gasteiger partial charge in [0.2, 0.25) is 15.9 Å². The zero-order chi connectivity index (χ0) is 21.2. The number of benzene rings is 1. The van der Waals surface area contributed by atoms with E-state index in [1.54, 1.807) is 18.2 Å². The quantitative estimate of drug-likeness (QED) is 0.529. The fourth-order valence-corrected chi connectivity index (χ4v) is 4.80. The lowest BCUT2D eigenvalue weighted by Gasteiger charge is -2.45. The highest BCUT2D eigenvalue weighted by Crippen LogP contribution is 2.32. The van der Waals surface area contributed by atoms with Gasteiger partial charge in [-0.1, -0.05) is 6.07 Å². The summed E-state index contributed by atoms with van der Waals surface area (Å²) in [5.41, 5.74) is -0.268. The van der Waals surface area contributed by atoms with Crippen LogP contribution in [0, 0.1) is 0 Å². The van der Waals surface area contributed by atoms with E-state index in [1.807, 2.05) is 0 Å². The first-order valence-electron chi connectivity index (χ1n) is 8.57. The molecule has 2 aromatic rings. The minimum absolute atomic E-state index is 0.116. The van der Waals surface area contributed by atoms with Crippen LogP contribution in [0.3, 0.4) is 0 Å². The van der Waals surface area contributed by atoms with E-state index in [9.17, 15) is 23.2 Å². The van der Waals surface area contributed by atoms with Crippen LogP contribution in [-0.2, 0) is 19.6 Å². The number of aromatic nitrogens is 1. The van der Waals surface area contributed by atoms with Gasteiger partial charge in [0.1, 0.15) is 17.1 Å². The Bertz CT molecular complexity index is 1010. The normalized spacial score (nSPS) is 20.4. The van der Waals surface area contributed by atoms with Crippen molar-refractivity contribution >= 4 is 27.7 Å². The molecule has 2 heterocycles. The molecule has 11 heteroatoms. The molecule has 2 amide bonds. The molecule has 0 radical (unpaired) electrons. The number of amides is 2. The number of rotatable bonds is 5. The average Bonchev–Trinajstić information content (AvgIpc) is 2.75. The molecule has 0 spiro atoms. The van der Waals surface area contributed by atoms with E-state index < -0.39 is 33.9 Å². The van der Waals surface area contributed by atoms with E-state index in [0.29, 0.717) is 5.75 Å². The van der Waals surface area contributed by atoms with E-state index in [-0.39, 0.29) is 17.3 Å². The molecular weight excluding hydrogens is 400 g/mol. The van der Waals surface area contributed by atoms with Crippen molar-refractivity contribution in [2.24, 2.45) is 0 Å². The Morgan fingerprint density at radius 3 is 2.48 bits per heavy atom. The van der Waals surface area contributed by atoms with Crippen LogP contribution in [0.4, 0.5) is 5.82 Å². The van der Waals surface area contributed by atoms with Crippen molar-refractivity contribution in [2.75, 3.05) is 25.1 Å². The topological polar surface area (TPSA) is 129 Å². The molecule has 10 nitrogen and oxygen atoms in total. The summed E-state index contributed by atoms with van der Waals surface area (Å²) in [6.07, 6.45) is 1.48. The summed E-state index contributed by atoms with van der Waals surface area (Å²) >= 11 is 0. The van der Waals surface area contributed by atoms with Crippen molar-refractivity contribution in [1.29, 1.82) is 0 Å². The fraction of sp³-hybridized carbons (Fsp3) is 0.278. The van der Waals surface area contributed by atoms with Gasteiger partial charge < -0.3 is 4.74 Å². The summed E-state index contributed by atoms with van der Waals surface area (Å²) in [5.74, 6) is -0.793. The minimum atomic E-state index is -4.25. The number of hydrogen-bond acceptors (Lipinski definition) is 7. The predicted octanol–water partition coefficient (Wildman–Crippen LogP) is 0.392. The second kappa shape index (κ2) is 7.78. The zero-order valence-electron chi connectivity index (χ0n) is 15.8. The summed E-state index contributed by atoms with van der Waals surface area (Å²) in [7, 11) is -2.80. The monoisotopic (exact) mass is 420 g/mol. The van der Waals surface area contributed by atoms with Gasteiger partial charge in [-0.3, -0.25) is 19.7 Å². The Hall–Kier alpha value is -3.02. The lowest BCUT2D eigenvalue weighted by Crippen LogP contribution is -2.69. The van der Waals surface area contributed by atoms with Gasteiger partial charge >= 0.3 is 0 Å². The molecule has 1 aliphatic heterocycles. The van der Waals surface area contributed by atoms with Crippen molar-refractivity contribution in [3.63, 3.8) is 0 Å². The third-order valence-electron chi connectivity index (χ3n) is 4.76. The smallest absolute Gasteiger partial charge is 0.266 e. The van der Waals surface area contributed by atoms with Crippen molar-refractivity contribution in [3.8, 4) is 5.75 Å². The summed E-state index contributed by atoms with van der Waals surface area (Å²) in [4.78, 5) is 30.5. The highest BCUT2D eigenvalue weighted by molar-refractivity contribution is 7.89. The van der Waals surface area contributed by atoms with Gasteiger partial charge in [0.25, 0.3) is 5.91 Å². The first kappa shape index (κ1) is 20.7. The molecule has 0 aliphatic carbocycles. The van der Waals surface area contributed by atoms with Crippen LogP contribution in [0.25, 0.3) is 0 Å². The van der Waals surface area contributed by atoms with Gasteiger partial charge in [-0.15, -0.1) is 0 Å². The van der Waals surface area contributed by atoms with Gasteiger partial charge in [0.15, 0.2) is 0 Å². The third kappa shape index (κ3) is 3.67. The van der Waals surface area contributed by atoms with Gasteiger partial charge in [0.05, 0.1) is 25.1 Å². The molecule has 1 fully saturated rings. The molecule has 1 aromatic carbocycles. The molecule has 2 N–H and O–H groups in total. The molecule has 3 rings (SSSR count). The first-order chi connectivity index (χ1) is 13.7. The number of hydroxylamine groups is 1. The number of anilines is 1. The molecule has 1 saturated heterocycles. The van der Waals surface area contributed by atoms with Gasteiger partial charge in [0, 0.05) is 6.20 Å². The molecular formula is C18H20N4O6S. The van der Waals surface area contributed by atoms with E-state index >= 15 is 0 Å². The number of piperazine rings is 1. The minimum Gasteiger partial charge on any atom is -0.497 e. The third-order valence-corrected chi connectivity index (χ3v) is 6.74. The largest absolute Gasteiger partial charge is 0.497 e. The average molecular weight is 420 g/mol. The van der Waals surface area contributed by atoms with Crippen LogP contribution in [-0.4, -0.2) is 60.5 Å². The van der Waals surface area contributed by atoms with Gasteiger partial charge in [-0.2, -0.15) is 4.31 Å². The Labute approximate surface area is 167 Å². The van der Waals surface area contributed by atoms with Crippen LogP contribution in [0.15, 0.2) is 53.6 Å². The zero-order valence-corrected chi connectivity index (χ0v) is 16.6. The number of sulfonamides is 1. The summed E-state index contributed by atoms with van der Waals surface area (Å²) in [6.45, 7) is 0.404. The maximum absolute atomic E-state index is 13.2. The number of carbonyl (C=O) groups is 2. The Kier molecular flexibility index (Phi) is 5.55. The van der Waals surface area contributed by atoms with E-state index in [1.165, 1.54) is 54.9 Å². The Balaban J connectivity index is 2.05. The van der Waals surface area contributed by atoms with Crippen molar-refractivity contribution in [3.05, 3.63) is 48.7 Å². The van der Waals surface area contributed by atoms with Crippen molar-refractivity contribution < 1.29 is 28.0 Å². The maximum atomic E-state index is 13.2. The second-order valence-electron chi connectivity index (χ2n) is 6.57. The van der Waals surface area contributed by atoms with Crippen molar-refractivity contribution in [2.45, 2.75) is 17.4 Å². The summed E-state index contributed by atoms with van der Waals surface area (Å²) < 4.78 is 32.3. The number of carbonyl (C=O) groups excluding carboxylic acids is 2. The molecule has 29 heavy (non-hydrogen) atoms. The SMILES string of the molecule is COc1ccc(S(=O)(=O)N2CC(=O)N(c3ccccn3)CC2(C)C(=O)NO)cc1. The lowest BCUT2D eigenvalue weighted by atomic mass is 9.98. The molecule has 1 aliphatic rings. The lowest BCUT2D eigenvalue weighted by molar-refractivity contribution is -0.140. The summed E-state index contributed by atoms with van der Waals surface area (Å²) in [6, 6.07) is 10.5. The van der Waals surface area contributed by atoms with Gasteiger partial charge in [-0.25, -0.2) is 18.9 Å². The van der Waals surface area contributed by atoms with E-state index in [2.05, 4.69) is 4.98 Å². The van der Waals surface area contributed by atoms with Crippen LogP contribution < -0.4 is 15.1 Å². The number of nitrogens with one attached hydrogen (secondary N) is 1. The van der Waals surface area contributed by atoms with Gasteiger partial charge in [-0.05, 0) is 43.3 Å². The first-order valence-corrected chi connectivity index (χ1v) is 10.0. The molecule has 1 atom stereocenters. The summed E-state index contributed by atoms with van der Waals surface area (Å²) in [5, 5.41) is 9.24. The maximum Gasteiger partial charge on any atom is 0.266 e. The van der Waals surface area contributed by atoms with E-state index in [0.717, 1.165) is 4.31 Å². The van der Waals surface area contributed by atoms with E-state index in [4.69, 9.17) is 4.74 Å². The number of hydrogen-bond donors (Lipinski definition) is 2. The Morgan fingerprint density at radius 1 is 1.24 bits per heavy atom. The molecule has 1 unspecified atom stereocenters. The molecule has 1 aromatic heterocycles. The highest BCUT2D eigenvalue weighted by Gasteiger charge is 2.53. The number of methoxy groups -OCH3 is 1. The highest BCUT2D eigenvalue weighted by atomic mass is 32.2. The number of pyridine rings is 1. The van der Waals surface area contributed by atoms with Crippen LogP contribution in [0.5, 0.6) is 5.75 Å². The second-order valence-corrected chi connectivity index (χ2v) is 8.43. The molecule has 0 bridgehead atoms. The van der Waals surface area contributed by atoms with Crippen LogP contribution >= 0.6 is 0 Å².